The number of aryl methyl sites for hydroxylation is 2. The van der Waals surface area contributed by atoms with Crippen LogP contribution < -0.4 is 5.32 Å². The van der Waals surface area contributed by atoms with Gasteiger partial charge in [0.05, 0.1) is 12.5 Å². The van der Waals surface area contributed by atoms with Gasteiger partial charge in [-0.15, -0.1) is 0 Å². The van der Waals surface area contributed by atoms with Gasteiger partial charge in [-0.1, -0.05) is 28.1 Å². The van der Waals surface area contributed by atoms with Crippen molar-refractivity contribution in [1.29, 1.82) is 0 Å². The predicted octanol–water partition coefficient (Wildman–Crippen LogP) is 3.60. The maximum atomic E-state index is 12.3. The van der Waals surface area contributed by atoms with E-state index >= 15 is 0 Å². The lowest BCUT2D eigenvalue weighted by Crippen LogP contribution is -2.30. The fourth-order valence-electron chi connectivity index (χ4n) is 2.21. The smallest absolute Gasteiger partial charge is 0.305 e. The van der Waals surface area contributed by atoms with Gasteiger partial charge in [0.1, 0.15) is 5.76 Å². The Morgan fingerprint density at radius 2 is 1.91 bits per heavy atom. The summed E-state index contributed by atoms with van der Waals surface area (Å²) in [4.78, 5) is 23.4. The number of carbonyl (C=O) groups excluding carboxylic acids is 1. The van der Waals surface area contributed by atoms with Crippen LogP contribution in [0.15, 0.2) is 39.2 Å². The minimum Gasteiger partial charge on any atom is -0.481 e. The number of carbonyl (C=O) groups is 2. The molecule has 1 aromatic heterocycles. The summed E-state index contributed by atoms with van der Waals surface area (Å²) >= 11 is 3.33. The van der Waals surface area contributed by atoms with Crippen molar-refractivity contribution in [3.05, 3.63) is 57.5 Å². The monoisotopic (exact) mass is 365 g/mol. The van der Waals surface area contributed by atoms with Gasteiger partial charge in [-0.3, -0.25) is 9.59 Å². The van der Waals surface area contributed by atoms with Gasteiger partial charge in [0, 0.05) is 10.0 Å². The highest BCUT2D eigenvalue weighted by molar-refractivity contribution is 9.10. The van der Waals surface area contributed by atoms with Crippen molar-refractivity contribution in [3.8, 4) is 0 Å². The Balaban J connectivity index is 2.23. The Morgan fingerprint density at radius 1 is 1.27 bits per heavy atom. The molecule has 0 bridgehead atoms. The second-order valence-electron chi connectivity index (χ2n) is 5.04. The van der Waals surface area contributed by atoms with Crippen LogP contribution in [-0.2, 0) is 4.79 Å². The van der Waals surface area contributed by atoms with E-state index in [1.54, 1.807) is 44.2 Å². The van der Waals surface area contributed by atoms with E-state index in [0.29, 0.717) is 5.76 Å². The molecule has 1 amide bonds. The Bertz CT molecular complexity index is 691. The average Bonchev–Trinajstić information content (AvgIpc) is 2.77. The quantitative estimate of drug-likeness (QED) is 0.847. The largest absolute Gasteiger partial charge is 0.481 e. The van der Waals surface area contributed by atoms with E-state index < -0.39 is 17.9 Å². The van der Waals surface area contributed by atoms with Crippen LogP contribution in [0.4, 0.5) is 0 Å². The van der Waals surface area contributed by atoms with Crippen molar-refractivity contribution in [3.63, 3.8) is 0 Å². The van der Waals surface area contributed by atoms with E-state index in [4.69, 9.17) is 9.52 Å². The summed E-state index contributed by atoms with van der Waals surface area (Å²) in [5, 5.41) is 11.8. The molecule has 5 nitrogen and oxygen atoms in total. The summed E-state index contributed by atoms with van der Waals surface area (Å²) in [5.74, 6) is -0.550. The normalized spacial score (nSPS) is 12.0. The number of hydrogen-bond acceptors (Lipinski definition) is 3. The minimum absolute atomic E-state index is 0.202. The summed E-state index contributed by atoms with van der Waals surface area (Å²) in [7, 11) is 0. The van der Waals surface area contributed by atoms with Gasteiger partial charge in [0.2, 0.25) is 0 Å². The van der Waals surface area contributed by atoms with Crippen LogP contribution in [0.3, 0.4) is 0 Å². The fourth-order valence-corrected chi connectivity index (χ4v) is 2.48. The number of halogens is 1. The van der Waals surface area contributed by atoms with Crippen LogP contribution in [0.25, 0.3) is 0 Å². The fraction of sp³-hybridized carbons (Fsp3) is 0.250. The maximum absolute atomic E-state index is 12.3. The molecule has 1 unspecified atom stereocenters. The molecule has 2 aromatic rings. The van der Waals surface area contributed by atoms with Crippen molar-refractivity contribution < 1.29 is 19.1 Å². The summed E-state index contributed by atoms with van der Waals surface area (Å²) in [6.07, 6.45) is -0.202. The molecule has 6 heteroatoms. The number of rotatable bonds is 5. The zero-order valence-corrected chi connectivity index (χ0v) is 13.8. The molecule has 0 radical (unpaired) electrons. The molecule has 1 atom stereocenters. The van der Waals surface area contributed by atoms with Crippen molar-refractivity contribution in [2.45, 2.75) is 26.3 Å². The Hall–Kier alpha value is -2.08. The Kier molecular flexibility index (Phi) is 5.03. The number of carboxylic acids is 1. The van der Waals surface area contributed by atoms with E-state index in [9.17, 15) is 9.59 Å². The lowest BCUT2D eigenvalue weighted by Gasteiger charge is -2.17. The van der Waals surface area contributed by atoms with Crippen molar-refractivity contribution >= 4 is 27.8 Å². The van der Waals surface area contributed by atoms with Gasteiger partial charge < -0.3 is 14.8 Å². The third kappa shape index (κ3) is 3.98. The summed E-state index contributed by atoms with van der Waals surface area (Å²) in [5.41, 5.74) is 1.44. The van der Waals surface area contributed by atoms with Gasteiger partial charge in [0.25, 0.3) is 5.91 Å². The predicted molar refractivity (Wildman–Crippen MR) is 84.8 cm³/mol. The first-order valence-corrected chi connectivity index (χ1v) is 7.51. The number of furan rings is 1. The molecule has 0 aliphatic rings. The number of carboxylic acid groups (broad SMARTS) is 1. The number of benzene rings is 1. The van der Waals surface area contributed by atoms with Crippen molar-refractivity contribution in [2.75, 3.05) is 0 Å². The molecule has 1 heterocycles. The molecule has 0 saturated carbocycles. The number of nitrogens with one attached hydrogen (secondary N) is 1. The Morgan fingerprint density at radius 3 is 2.41 bits per heavy atom. The van der Waals surface area contributed by atoms with Crippen LogP contribution in [0, 0.1) is 13.8 Å². The molecule has 0 fully saturated rings. The zero-order chi connectivity index (χ0) is 16.3. The number of hydrogen-bond donors (Lipinski definition) is 2. The van der Waals surface area contributed by atoms with E-state index in [2.05, 4.69) is 21.2 Å². The van der Waals surface area contributed by atoms with Gasteiger partial charge >= 0.3 is 5.97 Å². The molecule has 0 spiro atoms. The van der Waals surface area contributed by atoms with Crippen molar-refractivity contribution in [1.82, 2.24) is 5.32 Å². The van der Waals surface area contributed by atoms with Crippen LogP contribution in [0.5, 0.6) is 0 Å². The molecule has 22 heavy (non-hydrogen) atoms. The van der Waals surface area contributed by atoms with E-state index in [-0.39, 0.29) is 12.2 Å². The molecule has 116 valence electrons. The summed E-state index contributed by atoms with van der Waals surface area (Å²) in [6, 6.07) is 8.30. The van der Waals surface area contributed by atoms with Crippen LogP contribution in [0.1, 0.15) is 39.9 Å². The molecular weight excluding hydrogens is 350 g/mol. The second kappa shape index (κ2) is 6.79. The van der Waals surface area contributed by atoms with Crippen LogP contribution >= 0.6 is 15.9 Å². The highest BCUT2D eigenvalue weighted by Gasteiger charge is 2.22. The van der Waals surface area contributed by atoms with Crippen molar-refractivity contribution in [2.24, 2.45) is 0 Å². The van der Waals surface area contributed by atoms with E-state index in [1.165, 1.54) is 0 Å². The third-order valence-corrected chi connectivity index (χ3v) is 3.73. The molecule has 0 aliphatic heterocycles. The first-order valence-electron chi connectivity index (χ1n) is 6.72. The minimum atomic E-state index is -0.986. The number of amides is 1. The van der Waals surface area contributed by atoms with Crippen LogP contribution in [0.2, 0.25) is 0 Å². The molecule has 0 saturated heterocycles. The van der Waals surface area contributed by atoms with E-state index in [1.807, 2.05) is 0 Å². The van der Waals surface area contributed by atoms with Gasteiger partial charge in [-0.2, -0.15) is 0 Å². The molecule has 2 N–H and O–H groups in total. The topological polar surface area (TPSA) is 79.5 Å². The third-order valence-electron chi connectivity index (χ3n) is 3.20. The highest BCUT2D eigenvalue weighted by atomic mass is 79.9. The molecule has 1 aromatic carbocycles. The van der Waals surface area contributed by atoms with Gasteiger partial charge in [0.15, 0.2) is 5.76 Å². The SMILES string of the molecule is Cc1cc(C)c(C(=O)NC(CC(=O)O)c2ccc(Br)cc2)o1. The first kappa shape index (κ1) is 16.3. The average molecular weight is 366 g/mol. The van der Waals surface area contributed by atoms with E-state index in [0.717, 1.165) is 15.6 Å². The standard InChI is InChI=1S/C16H16BrNO4/c1-9-7-10(2)22-15(9)16(21)18-13(8-14(19)20)11-3-5-12(17)6-4-11/h3-7,13H,8H2,1-2H3,(H,18,21)(H,19,20). The summed E-state index contributed by atoms with van der Waals surface area (Å²) < 4.78 is 6.25. The van der Waals surface area contributed by atoms with Gasteiger partial charge in [-0.25, -0.2) is 0 Å². The number of aliphatic carboxylic acids is 1. The first-order chi connectivity index (χ1) is 10.4. The lowest BCUT2D eigenvalue weighted by molar-refractivity contribution is -0.137. The molecular formula is C16H16BrNO4. The highest BCUT2D eigenvalue weighted by Crippen LogP contribution is 2.21. The molecule has 0 aliphatic carbocycles. The Labute approximate surface area is 136 Å². The second-order valence-corrected chi connectivity index (χ2v) is 5.96. The van der Waals surface area contributed by atoms with Gasteiger partial charge in [-0.05, 0) is 37.6 Å². The maximum Gasteiger partial charge on any atom is 0.305 e. The molecule has 2 rings (SSSR count). The zero-order valence-electron chi connectivity index (χ0n) is 12.2. The summed E-state index contributed by atoms with van der Waals surface area (Å²) in [6.45, 7) is 3.53. The van der Waals surface area contributed by atoms with Crippen LogP contribution in [-0.4, -0.2) is 17.0 Å². The lowest BCUT2D eigenvalue weighted by atomic mass is 10.0.